The second-order valence-corrected chi connectivity index (χ2v) is 5.38. The first kappa shape index (κ1) is 12.5. The SMILES string of the molecule is CCCCN1CC(CC#N)CCC1(C)C. The highest BCUT2D eigenvalue weighted by molar-refractivity contribution is 4.91. The number of rotatable bonds is 4. The molecule has 86 valence electrons. The number of likely N-dealkylation sites (tertiary alicyclic amines) is 1. The summed E-state index contributed by atoms with van der Waals surface area (Å²) in [4.78, 5) is 2.59. The highest BCUT2D eigenvalue weighted by Crippen LogP contribution is 2.31. The predicted molar refractivity (Wildman–Crippen MR) is 63.5 cm³/mol. The molecule has 1 saturated heterocycles. The van der Waals surface area contributed by atoms with Gasteiger partial charge in [0.25, 0.3) is 0 Å². The molecule has 2 heteroatoms. The Morgan fingerprint density at radius 1 is 1.47 bits per heavy atom. The number of hydrogen-bond acceptors (Lipinski definition) is 2. The highest BCUT2D eigenvalue weighted by atomic mass is 15.2. The van der Waals surface area contributed by atoms with E-state index in [0.29, 0.717) is 11.5 Å². The average molecular weight is 208 g/mol. The van der Waals surface area contributed by atoms with Gasteiger partial charge in [-0.3, -0.25) is 4.90 Å². The van der Waals surface area contributed by atoms with Gasteiger partial charge in [0.15, 0.2) is 0 Å². The molecule has 0 aromatic carbocycles. The summed E-state index contributed by atoms with van der Waals surface area (Å²) in [6.45, 7) is 9.24. The van der Waals surface area contributed by atoms with Crippen LogP contribution in [0.4, 0.5) is 0 Å². The molecule has 0 amide bonds. The van der Waals surface area contributed by atoms with Crippen molar-refractivity contribution in [1.29, 1.82) is 5.26 Å². The minimum absolute atomic E-state index is 0.348. The molecule has 1 atom stereocenters. The van der Waals surface area contributed by atoms with E-state index in [4.69, 9.17) is 5.26 Å². The van der Waals surface area contributed by atoms with Crippen LogP contribution in [0.2, 0.25) is 0 Å². The third kappa shape index (κ3) is 3.50. The molecule has 0 radical (unpaired) electrons. The lowest BCUT2D eigenvalue weighted by molar-refractivity contribution is 0.0453. The van der Waals surface area contributed by atoms with Crippen LogP contribution in [-0.4, -0.2) is 23.5 Å². The maximum absolute atomic E-state index is 8.74. The van der Waals surface area contributed by atoms with Crippen molar-refractivity contribution in [2.45, 2.75) is 58.4 Å². The summed E-state index contributed by atoms with van der Waals surface area (Å²) in [5, 5.41) is 8.74. The van der Waals surface area contributed by atoms with E-state index in [1.54, 1.807) is 0 Å². The van der Waals surface area contributed by atoms with Crippen LogP contribution in [0, 0.1) is 17.2 Å². The normalized spacial score (nSPS) is 26.1. The molecule has 15 heavy (non-hydrogen) atoms. The van der Waals surface area contributed by atoms with E-state index in [9.17, 15) is 0 Å². The van der Waals surface area contributed by atoms with Gasteiger partial charge in [0.05, 0.1) is 6.07 Å². The number of nitrogens with zero attached hydrogens (tertiary/aromatic N) is 2. The van der Waals surface area contributed by atoms with Gasteiger partial charge in [0, 0.05) is 18.5 Å². The number of piperidine rings is 1. The van der Waals surface area contributed by atoms with Crippen LogP contribution in [0.25, 0.3) is 0 Å². The van der Waals surface area contributed by atoms with Gasteiger partial charge in [-0.05, 0) is 45.6 Å². The van der Waals surface area contributed by atoms with Gasteiger partial charge in [0.1, 0.15) is 0 Å². The van der Waals surface area contributed by atoms with Gasteiger partial charge >= 0.3 is 0 Å². The molecule has 0 aromatic rings. The molecule has 0 spiro atoms. The fourth-order valence-corrected chi connectivity index (χ4v) is 2.40. The number of unbranched alkanes of at least 4 members (excludes halogenated alkanes) is 1. The second-order valence-electron chi connectivity index (χ2n) is 5.38. The van der Waals surface area contributed by atoms with Crippen LogP contribution in [0.3, 0.4) is 0 Å². The fourth-order valence-electron chi connectivity index (χ4n) is 2.40. The lowest BCUT2D eigenvalue weighted by Gasteiger charge is -2.45. The van der Waals surface area contributed by atoms with Gasteiger partial charge < -0.3 is 0 Å². The van der Waals surface area contributed by atoms with Crippen molar-refractivity contribution in [2.75, 3.05) is 13.1 Å². The molecule has 0 aliphatic carbocycles. The first-order valence-corrected chi connectivity index (χ1v) is 6.22. The molecule has 1 aliphatic heterocycles. The third-order valence-corrected chi connectivity index (χ3v) is 3.66. The van der Waals surface area contributed by atoms with Crippen molar-refractivity contribution in [1.82, 2.24) is 4.90 Å². The maximum Gasteiger partial charge on any atom is 0.0625 e. The molecule has 1 unspecified atom stereocenters. The molecule has 0 N–H and O–H groups in total. The first-order chi connectivity index (χ1) is 7.10. The van der Waals surface area contributed by atoms with E-state index in [0.717, 1.165) is 13.0 Å². The molecular weight excluding hydrogens is 184 g/mol. The number of nitriles is 1. The van der Waals surface area contributed by atoms with E-state index in [-0.39, 0.29) is 0 Å². The van der Waals surface area contributed by atoms with Crippen molar-refractivity contribution in [2.24, 2.45) is 5.92 Å². The Morgan fingerprint density at radius 2 is 2.20 bits per heavy atom. The van der Waals surface area contributed by atoms with Gasteiger partial charge in [-0.1, -0.05) is 13.3 Å². The Labute approximate surface area is 94.3 Å². The van der Waals surface area contributed by atoms with Crippen LogP contribution in [0.1, 0.15) is 52.9 Å². The Balaban J connectivity index is 2.50. The lowest BCUT2D eigenvalue weighted by Crippen LogP contribution is -2.50. The standard InChI is InChI=1S/C13H24N2/c1-4-5-10-15-11-12(7-9-14)6-8-13(15,2)3/h12H,4-8,10-11H2,1-3H3. The van der Waals surface area contributed by atoms with Crippen LogP contribution in [0.5, 0.6) is 0 Å². The Hall–Kier alpha value is -0.550. The molecule has 1 rings (SSSR count). The molecule has 0 aromatic heterocycles. The predicted octanol–water partition coefficient (Wildman–Crippen LogP) is 3.19. The molecule has 1 fully saturated rings. The quantitative estimate of drug-likeness (QED) is 0.709. The van der Waals surface area contributed by atoms with Gasteiger partial charge in [-0.25, -0.2) is 0 Å². The Morgan fingerprint density at radius 3 is 2.80 bits per heavy atom. The van der Waals surface area contributed by atoms with Crippen molar-refractivity contribution >= 4 is 0 Å². The zero-order chi connectivity index (χ0) is 11.3. The van der Waals surface area contributed by atoms with Crippen molar-refractivity contribution < 1.29 is 0 Å². The van der Waals surface area contributed by atoms with E-state index < -0.39 is 0 Å². The molecule has 1 heterocycles. The smallest absolute Gasteiger partial charge is 0.0625 e. The molecular formula is C13H24N2. The summed E-state index contributed by atoms with van der Waals surface area (Å²) in [6, 6.07) is 2.31. The molecule has 0 saturated carbocycles. The molecule has 2 nitrogen and oxygen atoms in total. The van der Waals surface area contributed by atoms with Crippen LogP contribution >= 0.6 is 0 Å². The van der Waals surface area contributed by atoms with Gasteiger partial charge in [-0.2, -0.15) is 5.26 Å². The van der Waals surface area contributed by atoms with Crippen molar-refractivity contribution in [3.63, 3.8) is 0 Å². The zero-order valence-electron chi connectivity index (χ0n) is 10.4. The zero-order valence-corrected chi connectivity index (χ0v) is 10.4. The van der Waals surface area contributed by atoms with Crippen LogP contribution in [-0.2, 0) is 0 Å². The van der Waals surface area contributed by atoms with Gasteiger partial charge in [0.2, 0.25) is 0 Å². The van der Waals surface area contributed by atoms with Crippen LogP contribution < -0.4 is 0 Å². The van der Waals surface area contributed by atoms with Crippen molar-refractivity contribution in [3.05, 3.63) is 0 Å². The Kier molecular flexibility index (Phi) is 4.60. The summed E-state index contributed by atoms with van der Waals surface area (Å²) >= 11 is 0. The summed E-state index contributed by atoms with van der Waals surface area (Å²) in [6.07, 6.45) is 5.74. The monoisotopic (exact) mass is 208 g/mol. The topological polar surface area (TPSA) is 27.0 Å². The molecule has 0 bridgehead atoms. The van der Waals surface area contributed by atoms with Crippen molar-refractivity contribution in [3.8, 4) is 6.07 Å². The summed E-state index contributed by atoms with van der Waals surface area (Å²) < 4.78 is 0. The Bertz CT molecular complexity index is 227. The summed E-state index contributed by atoms with van der Waals surface area (Å²) in [5.41, 5.74) is 0.348. The minimum Gasteiger partial charge on any atom is -0.298 e. The highest BCUT2D eigenvalue weighted by Gasteiger charge is 2.33. The van der Waals surface area contributed by atoms with E-state index in [1.807, 2.05) is 0 Å². The fraction of sp³-hybridized carbons (Fsp3) is 0.923. The van der Waals surface area contributed by atoms with E-state index in [1.165, 1.54) is 32.2 Å². The molecule has 1 aliphatic rings. The summed E-state index contributed by atoms with van der Waals surface area (Å²) in [7, 11) is 0. The minimum atomic E-state index is 0.348. The van der Waals surface area contributed by atoms with E-state index in [2.05, 4.69) is 31.7 Å². The van der Waals surface area contributed by atoms with E-state index >= 15 is 0 Å². The first-order valence-electron chi connectivity index (χ1n) is 6.22. The third-order valence-electron chi connectivity index (χ3n) is 3.66. The van der Waals surface area contributed by atoms with Gasteiger partial charge in [-0.15, -0.1) is 0 Å². The number of hydrogen-bond donors (Lipinski definition) is 0. The average Bonchev–Trinajstić information content (AvgIpc) is 2.19. The largest absolute Gasteiger partial charge is 0.298 e. The maximum atomic E-state index is 8.74. The summed E-state index contributed by atoms with van der Waals surface area (Å²) in [5.74, 6) is 0.611. The lowest BCUT2D eigenvalue weighted by atomic mass is 9.83. The van der Waals surface area contributed by atoms with Crippen LogP contribution in [0.15, 0.2) is 0 Å². The second kappa shape index (κ2) is 5.51.